The number of nitrogens with zero attached hydrogens (tertiary/aromatic N) is 3. The predicted molar refractivity (Wildman–Crippen MR) is 124 cm³/mol. The fourth-order valence-corrected chi connectivity index (χ4v) is 6.39. The summed E-state index contributed by atoms with van der Waals surface area (Å²) in [6.07, 6.45) is 5.11. The van der Waals surface area contributed by atoms with Crippen LogP contribution < -0.4 is 4.74 Å². The zero-order valence-corrected chi connectivity index (χ0v) is 19.6. The van der Waals surface area contributed by atoms with Gasteiger partial charge in [-0.25, -0.2) is 13.9 Å². The van der Waals surface area contributed by atoms with Crippen LogP contribution in [0.3, 0.4) is 0 Å². The van der Waals surface area contributed by atoms with Gasteiger partial charge in [-0.3, -0.25) is 4.79 Å². The van der Waals surface area contributed by atoms with Crippen LogP contribution in [0, 0.1) is 0 Å². The summed E-state index contributed by atoms with van der Waals surface area (Å²) in [6, 6.07) is 10.1. The molecule has 4 rings (SSSR count). The number of ether oxygens (including phenoxy) is 1. The first kappa shape index (κ1) is 22.3. The molecule has 3 aromatic heterocycles. The highest BCUT2D eigenvalue weighted by Gasteiger charge is 2.24. The largest absolute Gasteiger partial charge is 0.497 e. The summed E-state index contributed by atoms with van der Waals surface area (Å²) in [5, 5.41) is 10.3. The number of carboxylic acid groups (broad SMARTS) is 1. The molecule has 166 valence electrons. The molecule has 3 heterocycles. The summed E-state index contributed by atoms with van der Waals surface area (Å²) in [5.41, 5.74) is 1.75. The number of fused-ring (bicyclic) bond motifs is 1. The Morgan fingerprint density at radius 2 is 2.06 bits per heavy atom. The molecule has 0 bridgehead atoms. The molecule has 0 atom stereocenters. The number of thioether (sulfide) groups is 1. The van der Waals surface area contributed by atoms with E-state index in [-0.39, 0.29) is 17.1 Å². The smallest absolute Gasteiger partial charge is 0.303 e. The normalized spacial score (nSPS) is 11.7. The van der Waals surface area contributed by atoms with Gasteiger partial charge in [0.15, 0.2) is 5.16 Å². The lowest BCUT2D eigenvalue weighted by atomic mass is 10.1. The lowest BCUT2D eigenvalue weighted by molar-refractivity contribution is -0.136. The van der Waals surface area contributed by atoms with Crippen LogP contribution in [0.1, 0.15) is 12.0 Å². The minimum Gasteiger partial charge on any atom is -0.497 e. The highest BCUT2D eigenvalue weighted by Crippen LogP contribution is 2.34. The van der Waals surface area contributed by atoms with Crippen molar-refractivity contribution in [1.82, 2.24) is 13.9 Å². The Kier molecular flexibility index (Phi) is 6.22. The Bertz CT molecular complexity index is 1410. The maximum atomic E-state index is 13.5. The van der Waals surface area contributed by atoms with Crippen molar-refractivity contribution in [2.75, 3.05) is 13.4 Å². The Balaban J connectivity index is 1.79. The number of rotatable bonds is 8. The second-order valence-corrected chi connectivity index (χ2v) is 10.7. The number of aromatic nitrogens is 3. The molecular formula is C21H19N3O5S3. The number of aliphatic carboxylic acids is 1. The molecule has 1 aromatic carbocycles. The van der Waals surface area contributed by atoms with Gasteiger partial charge in [0, 0.05) is 24.2 Å². The van der Waals surface area contributed by atoms with Gasteiger partial charge in [-0.1, -0.05) is 11.8 Å². The minimum absolute atomic E-state index is 0.106. The van der Waals surface area contributed by atoms with Crippen molar-refractivity contribution in [2.24, 2.45) is 0 Å². The van der Waals surface area contributed by atoms with Crippen LogP contribution >= 0.6 is 23.1 Å². The maximum Gasteiger partial charge on any atom is 0.303 e. The molecule has 0 fully saturated rings. The highest BCUT2D eigenvalue weighted by atomic mass is 32.2. The monoisotopic (exact) mass is 489 g/mol. The zero-order valence-electron chi connectivity index (χ0n) is 17.2. The van der Waals surface area contributed by atoms with Crippen LogP contribution in [-0.2, 0) is 21.2 Å². The van der Waals surface area contributed by atoms with Crippen molar-refractivity contribution in [3.63, 3.8) is 0 Å². The van der Waals surface area contributed by atoms with E-state index in [9.17, 15) is 13.2 Å². The van der Waals surface area contributed by atoms with Crippen LogP contribution in [0.15, 0.2) is 58.2 Å². The third kappa shape index (κ3) is 4.23. The molecule has 0 saturated heterocycles. The Morgan fingerprint density at radius 1 is 1.25 bits per heavy atom. The summed E-state index contributed by atoms with van der Waals surface area (Å²) in [4.78, 5) is 20.4. The van der Waals surface area contributed by atoms with Crippen LogP contribution in [0.5, 0.6) is 5.75 Å². The average Bonchev–Trinajstić information content (AvgIpc) is 3.43. The molecule has 0 amide bonds. The summed E-state index contributed by atoms with van der Waals surface area (Å²) >= 11 is 2.53. The molecule has 0 unspecified atom stereocenters. The fourth-order valence-electron chi connectivity index (χ4n) is 3.28. The van der Waals surface area contributed by atoms with E-state index < -0.39 is 16.0 Å². The van der Waals surface area contributed by atoms with E-state index in [1.807, 2.05) is 6.26 Å². The van der Waals surface area contributed by atoms with Gasteiger partial charge < -0.3 is 9.84 Å². The number of benzene rings is 1. The van der Waals surface area contributed by atoms with Crippen molar-refractivity contribution in [3.8, 4) is 16.3 Å². The molecular weight excluding hydrogens is 470 g/mol. The van der Waals surface area contributed by atoms with Crippen LogP contribution in [0.2, 0.25) is 0 Å². The number of carboxylic acids is 1. The second kappa shape index (κ2) is 8.93. The van der Waals surface area contributed by atoms with E-state index in [0.29, 0.717) is 37.9 Å². The Hall–Kier alpha value is -2.89. The average molecular weight is 490 g/mol. The van der Waals surface area contributed by atoms with E-state index in [0.717, 1.165) is 11.3 Å². The van der Waals surface area contributed by atoms with E-state index >= 15 is 0 Å². The van der Waals surface area contributed by atoms with Gasteiger partial charge in [-0.2, -0.15) is 8.42 Å². The lowest BCUT2D eigenvalue weighted by Crippen LogP contribution is -2.10. The third-order valence-corrected chi connectivity index (χ3v) is 8.64. The number of hydrogen-bond acceptors (Lipinski definition) is 8. The third-order valence-electron chi connectivity index (χ3n) is 4.83. The van der Waals surface area contributed by atoms with Crippen LogP contribution in [0.4, 0.5) is 0 Å². The van der Waals surface area contributed by atoms with Gasteiger partial charge in [0.05, 0.1) is 23.2 Å². The number of aryl methyl sites for hydroxylation is 1. The molecule has 4 aromatic rings. The van der Waals surface area contributed by atoms with Gasteiger partial charge in [0.25, 0.3) is 10.0 Å². The molecule has 11 heteroatoms. The van der Waals surface area contributed by atoms with Gasteiger partial charge >= 0.3 is 5.97 Å². The molecule has 1 N–H and O–H groups in total. The first-order chi connectivity index (χ1) is 15.3. The lowest BCUT2D eigenvalue weighted by Gasteiger charge is -2.06. The number of methoxy groups -OCH3 is 1. The van der Waals surface area contributed by atoms with Crippen molar-refractivity contribution < 1.29 is 23.1 Å². The first-order valence-corrected chi connectivity index (χ1v) is 12.9. The minimum atomic E-state index is -3.91. The molecule has 0 aliphatic heterocycles. The SMILES string of the molecule is COc1ccc2c(c1)c(CCC(=O)O)cn2S(=O)(=O)c1ccc(-c2ccnc(SC)n2)s1. The van der Waals surface area contributed by atoms with Crippen molar-refractivity contribution in [1.29, 1.82) is 0 Å². The predicted octanol–water partition coefficient (Wildman–Crippen LogP) is 4.14. The quantitative estimate of drug-likeness (QED) is 0.290. The standard InChI is InChI=1S/C21H19N3O5S3/c1-29-14-4-5-17-15(11-14)13(3-7-19(25)26)12-24(17)32(27,28)20-8-6-18(31-20)16-9-10-22-21(23-16)30-2/h4-6,8-12H,3,7H2,1-2H3,(H,25,26). The Labute approximate surface area is 193 Å². The number of hydrogen-bond donors (Lipinski definition) is 1. The van der Waals surface area contributed by atoms with E-state index in [4.69, 9.17) is 9.84 Å². The molecule has 0 saturated carbocycles. The zero-order chi connectivity index (χ0) is 22.9. The van der Waals surface area contributed by atoms with E-state index in [2.05, 4.69) is 9.97 Å². The second-order valence-electron chi connectivity index (χ2n) is 6.78. The topological polar surface area (TPSA) is 111 Å². The number of carbonyl (C=O) groups is 1. The van der Waals surface area contributed by atoms with Crippen molar-refractivity contribution in [2.45, 2.75) is 22.2 Å². The Morgan fingerprint density at radius 3 is 2.78 bits per heavy atom. The van der Waals surface area contributed by atoms with E-state index in [1.165, 1.54) is 29.0 Å². The highest BCUT2D eigenvalue weighted by molar-refractivity contribution is 7.98. The summed E-state index contributed by atoms with van der Waals surface area (Å²) < 4.78 is 33.7. The summed E-state index contributed by atoms with van der Waals surface area (Å²) in [6.45, 7) is 0. The molecule has 0 aliphatic carbocycles. The van der Waals surface area contributed by atoms with Gasteiger partial charge in [-0.15, -0.1) is 11.3 Å². The fraction of sp³-hybridized carbons (Fsp3) is 0.190. The van der Waals surface area contributed by atoms with Gasteiger partial charge in [0.1, 0.15) is 9.96 Å². The molecule has 0 aliphatic rings. The van der Waals surface area contributed by atoms with E-state index in [1.54, 1.807) is 42.6 Å². The molecule has 0 spiro atoms. The summed E-state index contributed by atoms with van der Waals surface area (Å²) in [5.74, 6) is -0.384. The molecule has 8 nitrogen and oxygen atoms in total. The number of thiophene rings is 1. The van der Waals surface area contributed by atoms with Crippen molar-refractivity contribution >= 4 is 50.0 Å². The maximum absolute atomic E-state index is 13.5. The van der Waals surface area contributed by atoms with Crippen molar-refractivity contribution in [3.05, 3.63) is 54.4 Å². The van der Waals surface area contributed by atoms with Gasteiger partial charge in [0.2, 0.25) is 0 Å². The van der Waals surface area contributed by atoms with Crippen LogP contribution in [0.25, 0.3) is 21.5 Å². The van der Waals surface area contributed by atoms with Gasteiger partial charge in [-0.05, 0) is 54.6 Å². The first-order valence-electron chi connectivity index (χ1n) is 9.46. The molecule has 0 radical (unpaired) electrons. The molecule has 32 heavy (non-hydrogen) atoms. The van der Waals surface area contributed by atoms with Crippen LogP contribution in [-0.4, -0.2) is 46.8 Å². The summed E-state index contributed by atoms with van der Waals surface area (Å²) in [7, 11) is -2.38.